The minimum absolute atomic E-state index is 0.0116. The second-order valence-electron chi connectivity index (χ2n) is 6.03. The maximum atomic E-state index is 12.2. The molecular formula is C19H21ClN4O2S. The highest BCUT2D eigenvalue weighted by Gasteiger charge is 2.21. The first-order valence-electron chi connectivity index (χ1n) is 8.74. The van der Waals surface area contributed by atoms with E-state index in [0.29, 0.717) is 29.1 Å². The van der Waals surface area contributed by atoms with Crippen LogP contribution in [0.3, 0.4) is 0 Å². The summed E-state index contributed by atoms with van der Waals surface area (Å²) >= 11 is 7.38. The fraction of sp³-hybridized carbons (Fsp3) is 0.316. The van der Waals surface area contributed by atoms with Gasteiger partial charge in [-0.15, -0.1) is 10.2 Å². The minimum atomic E-state index is -0.283. The third-order valence-corrected chi connectivity index (χ3v) is 5.25. The van der Waals surface area contributed by atoms with Crippen LogP contribution in [0.25, 0.3) is 11.4 Å². The van der Waals surface area contributed by atoms with Gasteiger partial charge in [-0.3, -0.25) is 9.36 Å². The van der Waals surface area contributed by atoms with Gasteiger partial charge in [0.2, 0.25) is 5.91 Å². The average molecular weight is 405 g/mol. The predicted octanol–water partition coefficient (Wildman–Crippen LogP) is 4.25. The summed E-state index contributed by atoms with van der Waals surface area (Å²) in [5.41, 5.74) is 0.897. The Morgan fingerprint density at radius 1 is 1.30 bits per heavy atom. The fourth-order valence-corrected chi connectivity index (χ4v) is 3.49. The van der Waals surface area contributed by atoms with Crippen LogP contribution in [0, 0.1) is 0 Å². The van der Waals surface area contributed by atoms with E-state index in [-0.39, 0.29) is 11.2 Å². The summed E-state index contributed by atoms with van der Waals surface area (Å²) in [6, 6.07) is 11.2. The first-order chi connectivity index (χ1) is 13.1. The highest BCUT2D eigenvalue weighted by molar-refractivity contribution is 8.00. The number of nitrogens with one attached hydrogen (secondary N) is 1. The van der Waals surface area contributed by atoms with Gasteiger partial charge in [-0.2, -0.15) is 0 Å². The van der Waals surface area contributed by atoms with Crippen molar-refractivity contribution in [3.05, 3.63) is 53.4 Å². The van der Waals surface area contributed by atoms with Gasteiger partial charge in [0.05, 0.1) is 18.1 Å². The maximum Gasteiger partial charge on any atom is 0.233 e. The Hall–Kier alpha value is -2.25. The summed E-state index contributed by atoms with van der Waals surface area (Å²) in [6.45, 7) is 5.03. The lowest BCUT2D eigenvalue weighted by molar-refractivity contribution is -0.120. The summed E-state index contributed by atoms with van der Waals surface area (Å²) in [5, 5.41) is 12.6. The largest absolute Gasteiger partial charge is 0.467 e. The molecule has 0 aliphatic rings. The number of nitrogens with zero attached hydrogens (tertiary/aromatic N) is 3. The number of rotatable bonds is 8. The number of carbonyl (C=O) groups excluding carboxylic acids is 1. The molecule has 0 radical (unpaired) electrons. The minimum Gasteiger partial charge on any atom is -0.467 e. The number of furan rings is 1. The van der Waals surface area contributed by atoms with Crippen LogP contribution in [-0.2, 0) is 11.3 Å². The molecule has 0 spiro atoms. The summed E-state index contributed by atoms with van der Waals surface area (Å²) < 4.78 is 7.45. The van der Waals surface area contributed by atoms with Crippen LogP contribution in [0.5, 0.6) is 0 Å². The van der Waals surface area contributed by atoms with Crippen molar-refractivity contribution in [2.24, 2.45) is 0 Å². The standard InChI is InChI=1S/C19H21ClN4O2S/c1-3-10-21-18(25)13(2)27-19-23-22-17(14-6-8-15(20)9-7-14)24(19)12-16-5-4-11-26-16/h4-9,11,13H,3,10,12H2,1-2H3,(H,21,25)/t13-/m0/s1. The SMILES string of the molecule is CCCNC(=O)[C@H](C)Sc1nnc(-c2ccc(Cl)cc2)n1Cc1ccco1. The van der Waals surface area contributed by atoms with E-state index in [2.05, 4.69) is 15.5 Å². The maximum absolute atomic E-state index is 12.2. The predicted molar refractivity (Wildman–Crippen MR) is 107 cm³/mol. The molecule has 1 atom stereocenters. The molecule has 1 N–H and O–H groups in total. The second-order valence-corrected chi connectivity index (χ2v) is 7.77. The number of carbonyl (C=O) groups is 1. The first kappa shape index (κ1) is 19.5. The summed E-state index contributed by atoms with van der Waals surface area (Å²) in [6.07, 6.45) is 2.54. The van der Waals surface area contributed by atoms with Crippen molar-refractivity contribution in [1.29, 1.82) is 0 Å². The molecule has 0 bridgehead atoms. The van der Waals surface area contributed by atoms with Crippen LogP contribution in [0.15, 0.2) is 52.2 Å². The number of thioether (sulfide) groups is 1. The van der Waals surface area contributed by atoms with Gasteiger partial charge in [0, 0.05) is 17.1 Å². The summed E-state index contributed by atoms with van der Waals surface area (Å²) in [4.78, 5) is 12.2. The highest BCUT2D eigenvalue weighted by Crippen LogP contribution is 2.28. The lowest BCUT2D eigenvalue weighted by Crippen LogP contribution is -2.31. The van der Waals surface area contributed by atoms with Crippen molar-refractivity contribution in [3.63, 3.8) is 0 Å². The molecule has 1 aromatic carbocycles. The normalized spacial score (nSPS) is 12.1. The Morgan fingerprint density at radius 2 is 2.07 bits per heavy atom. The molecule has 1 amide bonds. The second kappa shape index (κ2) is 9.10. The smallest absolute Gasteiger partial charge is 0.233 e. The summed E-state index contributed by atoms with van der Waals surface area (Å²) in [5.74, 6) is 1.48. The monoisotopic (exact) mass is 404 g/mol. The zero-order valence-electron chi connectivity index (χ0n) is 15.2. The van der Waals surface area contributed by atoms with E-state index in [9.17, 15) is 4.79 Å². The quantitative estimate of drug-likeness (QED) is 0.568. The number of amides is 1. The molecule has 142 valence electrons. The topological polar surface area (TPSA) is 73.0 Å². The van der Waals surface area contributed by atoms with Crippen LogP contribution in [0.2, 0.25) is 5.02 Å². The van der Waals surface area contributed by atoms with Crippen molar-refractivity contribution in [2.45, 2.75) is 37.2 Å². The van der Waals surface area contributed by atoms with E-state index in [0.717, 1.165) is 17.7 Å². The molecule has 3 aromatic rings. The average Bonchev–Trinajstić information content (AvgIpc) is 3.31. The van der Waals surface area contributed by atoms with E-state index in [1.807, 2.05) is 54.8 Å². The van der Waals surface area contributed by atoms with Crippen molar-refractivity contribution in [2.75, 3.05) is 6.54 Å². The number of hydrogen-bond donors (Lipinski definition) is 1. The van der Waals surface area contributed by atoms with Crippen LogP contribution >= 0.6 is 23.4 Å². The molecule has 0 unspecified atom stereocenters. The molecule has 3 rings (SSSR count). The molecule has 27 heavy (non-hydrogen) atoms. The van der Waals surface area contributed by atoms with E-state index < -0.39 is 0 Å². The van der Waals surface area contributed by atoms with Gasteiger partial charge < -0.3 is 9.73 Å². The molecule has 2 heterocycles. The van der Waals surface area contributed by atoms with E-state index in [1.54, 1.807) is 6.26 Å². The van der Waals surface area contributed by atoms with Crippen molar-refractivity contribution >= 4 is 29.3 Å². The van der Waals surface area contributed by atoms with E-state index in [4.69, 9.17) is 16.0 Å². The van der Waals surface area contributed by atoms with Crippen LogP contribution in [0.1, 0.15) is 26.0 Å². The van der Waals surface area contributed by atoms with Gasteiger partial charge >= 0.3 is 0 Å². The Bertz CT molecular complexity index is 878. The van der Waals surface area contributed by atoms with Crippen molar-refractivity contribution in [3.8, 4) is 11.4 Å². The van der Waals surface area contributed by atoms with Gasteiger partial charge in [-0.1, -0.05) is 30.3 Å². The molecule has 0 aliphatic carbocycles. The highest BCUT2D eigenvalue weighted by atomic mass is 35.5. The Labute approximate surface area is 167 Å². The summed E-state index contributed by atoms with van der Waals surface area (Å²) in [7, 11) is 0. The zero-order chi connectivity index (χ0) is 19.2. The van der Waals surface area contributed by atoms with E-state index in [1.165, 1.54) is 11.8 Å². The van der Waals surface area contributed by atoms with Crippen LogP contribution in [-0.4, -0.2) is 32.5 Å². The molecule has 0 aliphatic heterocycles. The molecule has 0 fully saturated rings. The molecule has 8 heteroatoms. The van der Waals surface area contributed by atoms with Crippen molar-refractivity contribution in [1.82, 2.24) is 20.1 Å². The van der Waals surface area contributed by atoms with Gasteiger partial charge in [0.1, 0.15) is 5.76 Å². The van der Waals surface area contributed by atoms with Crippen LogP contribution < -0.4 is 5.32 Å². The number of benzene rings is 1. The zero-order valence-corrected chi connectivity index (χ0v) is 16.8. The Kier molecular flexibility index (Phi) is 6.58. The third-order valence-electron chi connectivity index (χ3n) is 3.91. The van der Waals surface area contributed by atoms with Gasteiger partial charge in [-0.25, -0.2) is 0 Å². The Balaban J connectivity index is 1.89. The van der Waals surface area contributed by atoms with Gasteiger partial charge in [0.25, 0.3) is 0 Å². The lowest BCUT2D eigenvalue weighted by Gasteiger charge is -2.13. The van der Waals surface area contributed by atoms with Crippen LogP contribution in [0.4, 0.5) is 0 Å². The first-order valence-corrected chi connectivity index (χ1v) is 10.00. The van der Waals surface area contributed by atoms with Gasteiger partial charge in [0.15, 0.2) is 11.0 Å². The fourth-order valence-electron chi connectivity index (χ4n) is 2.49. The lowest BCUT2D eigenvalue weighted by atomic mass is 10.2. The number of aromatic nitrogens is 3. The number of halogens is 1. The molecule has 2 aromatic heterocycles. The Morgan fingerprint density at radius 3 is 2.74 bits per heavy atom. The third kappa shape index (κ3) is 4.93. The molecule has 6 nitrogen and oxygen atoms in total. The molecule has 0 saturated carbocycles. The van der Waals surface area contributed by atoms with Crippen molar-refractivity contribution < 1.29 is 9.21 Å². The van der Waals surface area contributed by atoms with E-state index >= 15 is 0 Å². The van der Waals surface area contributed by atoms with Gasteiger partial charge in [-0.05, 0) is 49.7 Å². The molecular weight excluding hydrogens is 384 g/mol. The molecule has 0 saturated heterocycles. The number of hydrogen-bond acceptors (Lipinski definition) is 5.